The zero-order valence-electron chi connectivity index (χ0n) is 9.22. The smallest absolute Gasteiger partial charge is 0.371 e. The Morgan fingerprint density at radius 1 is 0.889 bits per heavy atom. The molecule has 1 unspecified atom stereocenters. The molecule has 2 aromatic rings. The average molecular weight is 253 g/mol. The SMILES string of the molecule is OC(c1ccccc1)(c1ccccn1)C(F)(F)F. The summed E-state index contributed by atoms with van der Waals surface area (Å²) >= 11 is 0. The van der Waals surface area contributed by atoms with Crippen molar-refractivity contribution in [1.82, 2.24) is 4.98 Å². The van der Waals surface area contributed by atoms with E-state index in [1.165, 1.54) is 42.6 Å². The van der Waals surface area contributed by atoms with Crippen LogP contribution in [0.3, 0.4) is 0 Å². The van der Waals surface area contributed by atoms with E-state index in [4.69, 9.17) is 0 Å². The Morgan fingerprint density at radius 3 is 2.00 bits per heavy atom. The van der Waals surface area contributed by atoms with Crippen LogP contribution >= 0.6 is 0 Å². The maximum atomic E-state index is 13.2. The lowest BCUT2D eigenvalue weighted by Crippen LogP contribution is -2.44. The summed E-state index contributed by atoms with van der Waals surface area (Å²) in [6, 6.07) is 11.0. The highest BCUT2D eigenvalue weighted by atomic mass is 19.4. The van der Waals surface area contributed by atoms with Gasteiger partial charge in [-0.15, -0.1) is 0 Å². The summed E-state index contributed by atoms with van der Waals surface area (Å²) in [6.07, 6.45) is -3.63. The van der Waals surface area contributed by atoms with Gasteiger partial charge < -0.3 is 5.11 Å². The van der Waals surface area contributed by atoms with Crippen LogP contribution in [0.5, 0.6) is 0 Å². The molecule has 0 aliphatic carbocycles. The first-order valence-corrected chi connectivity index (χ1v) is 5.22. The second kappa shape index (κ2) is 4.42. The number of benzene rings is 1. The van der Waals surface area contributed by atoms with Crippen LogP contribution in [0.1, 0.15) is 11.3 Å². The molecule has 1 heterocycles. The maximum Gasteiger partial charge on any atom is 0.427 e. The number of pyridine rings is 1. The maximum absolute atomic E-state index is 13.2. The van der Waals surface area contributed by atoms with E-state index in [-0.39, 0.29) is 5.56 Å². The largest absolute Gasteiger partial charge is 0.427 e. The van der Waals surface area contributed by atoms with Gasteiger partial charge in [-0.25, -0.2) is 0 Å². The summed E-state index contributed by atoms with van der Waals surface area (Å²) in [4.78, 5) is 3.62. The molecular formula is C13H10F3NO. The number of nitrogens with zero attached hydrogens (tertiary/aromatic N) is 1. The van der Waals surface area contributed by atoms with Gasteiger partial charge in [-0.1, -0.05) is 36.4 Å². The van der Waals surface area contributed by atoms with E-state index < -0.39 is 17.5 Å². The number of halogens is 3. The Labute approximate surface area is 102 Å². The Hall–Kier alpha value is -1.88. The Morgan fingerprint density at radius 2 is 1.50 bits per heavy atom. The van der Waals surface area contributed by atoms with Crippen LogP contribution in [-0.4, -0.2) is 16.3 Å². The summed E-state index contributed by atoms with van der Waals surface area (Å²) < 4.78 is 39.6. The summed E-state index contributed by atoms with van der Waals surface area (Å²) in [5, 5.41) is 10.1. The van der Waals surface area contributed by atoms with Crippen molar-refractivity contribution in [2.45, 2.75) is 11.8 Å². The number of hydrogen-bond acceptors (Lipinski definition) is 2. The van der Waals surface area contributed by atoms with Gasteiger partial charge in [-0.05, 0) is 17.7 Å². The van der Waals surface area contributed by atoms with Crippen molar-refractivity contribution < 1.29 is 18.3 Å². The van der Waals surface area contributed by atoms with E-state index in [2.05, 4.69) is 4.98 Å². The normalized spacial score (nSPS) is 15.1. The van der Waals surface area contributed by atoms with Crippen molar-refractivity contribution in [2.75, 3.05) is 0 Å². The van der Waals surface area contributed by atoms with Crippen LogP contribution < -0.4 is 0 Å². The molecule has 0 fully saturated rings. The molecule has 2 nitrogen and oxygen atoms in total. The minimum Gasteiger partial charge on any atom is -0.371 e. The lowest BCUT2D eigenvalue weighted by atomic mass is 9.89. The predicted molar refractivity (Wildman–Crippen MR) is 59.7 cm³/mol. The van der Waals surface area contributed by atoms with E-state index in [9.17, 15) is 18.3 Å². The molecule has 18 heavy (non-hydrogen) atoms. The first kappa shape index (κ1) is 12.6. The second-order valence-electron chi connectivity index (χ2n) is 3.79. The molecule has 0 bridgehead atoms. The van der Waals surface area contributed by atoms with E-state index >= 15 is 0 Å². The molecule has 0 aliphatic rings. The van der Waals surface area contributed by atoms with Gasteiger partial charge in [0.15, 0.2) is 0 Å². The van der Waals surface area contributed by atoms with Gasteiger partial charge in [0.1, 0.15) is 0 Å². The third-order valence-corrected chi connectivity index (χ3v) is 2.64. The predicted octanol–water partition coefficient (Wildman–Crippen LogP) is 2.88. The summed E-state index contributed by atoms with van der Waals surface area (Å²) in [7, 11) is 0. The number of aromatic nitrogens is 1. The Kier molecular flexibility index (Phi) is 3.09. The fourth-order valence-electron chi connectivity index (χ4n) is 1.71. The number of rotatable bonds is 2. The topological polar surface area (TPSA) is 33.1 Å². The van der Waals surface area contributed by atoms with Gasteiger partial charge in [0, 0.05) is 6.20 Å². The molecule has 94 valence electrons. The third kappa shape index (κ3) is 1.97. The van der Waals surface area contributed by atoms with Gasteiger partial charge in [0.05, 0.1) is 5.69 Å². The van der Waals surface area contributed by atoms with Gasteiger partial charge >= 0.3 is 6.18 Å². The Bertz CT molecular complexity index is 471. The molecule has 1 aromatic carbocycles. The van der Waals surface area contributed by atoms with Crippen molar-refractivity contribution in [1.29, 1.82) is 0 Å². The van der Waals surface area contributed by atoms with Gasteiger partial charge in [0.25, 0.3) is 0 Å². The molecule has 1 aromatic heterocycles. The fraction of sp³-hybridized carbons (Fsp3) is 0.154. The first-order valence-electron chi connectivity index (χ1n) is 5.22. The molecule has 0 saturated carbocycles. The summed E-state index contributed by atoms with van der Waals surface area (Å²) in [5.41, 5.74) is -3.78. The van der Waals surface area contributed by atoms with E-state index in [1.54, 1.807) is 6.07 Å². The molecule has 0 radical (unpaired) electrons. The van der Waals surface area contributed by atoms with Crippen molar-refractivity contribution in [2.24, 2.45) is 0 Å². The third-order valence-electron chi connectivity index (χ3n) is 2.64. The standard InChI is InChI=1S/C13H10F3NO/c14-13(15,16)12(18,10-6-2-1-3-7-10)11-8-4-5-9-17-11/h1-9,18H. The summed E-state index contributed by atoms with van der Waals surface area (Å²) in [5.74, 6) is 0. The average Bonchev–Trinajstić information content (AvgIpc) is 2.38. The minimum atomic E-state index is -4.84. The molecule has 0 amide bonds. The Balaban J connectivity index is 2.63. The van der Waals surface area contributed by atoms with Crippen molar-refractivity contribution in [3.05, 3.63) is 66.0 Å². The van der Waals surface area contributed by atoms with Crippen molar-refractivity contribution in [3.63, 3.8) is 0 Å². The summed E-state index contributed by atoms with van der Waals surface area (Å²) in [6.45, 7) is 0. The quantitative estimate of drug-likeness (QED) is 0.892. The highest BCUT2D eigenvalue weighted by molar-refractivity contribution is 5.34. The van der Waals surface area contributed by atoms with Crippen LogP contribution in [0.2, 0.25) is 0 Å². The number of hydrogen-bond donors (Lipinski definition) is 1. The van der Waals surface area contributed by atoms with Gasteiger partial charge in [-0.3, -0.25) is 4.98 Å². The first-order chi connectivity index (χ1) is 8.46. The highest BCUT2D eigenvalue weighted by Crippen LogP contribution is 2.43. The van der Waals surface area contributed by atoms with Crippen molar-refractivity contribution >= 4 is 0 Å². The zero-order chi connectivity index (χ0) is 13.2. The highest BCUT2D eigenvalue weighted by Gasteiger charge is 2.57. The van der Waals surface area contributed by atoms with Crippen LogP contribution in [0, 0.1) is 0 Å². The van der Waals surface area contributed by atoms with E-state index in [0.29, 0.717) is 0 Å². The monoisotopic (exact) mass is 253 g/mol. The second-order valence-corrected chi connectivity index (χ2v) is 3.79. The van der Waals surface area contributed by atoms with E-state index in [0.717, 1.165) is 6.07 Å². The van der Waals surface area contributed by atoms with Crippen LogP contribution in [0.4, 0.5) is 13.2 Å². The van der Waals surface area contributed by atoms with Gasteiger partial charge in [-0.2, -0.15) is 13.2 Å². The molecule has 5 heteroatoms. The molecule has 0 spiro atoms. The molecule has 0 saturated heterocycles. The van der Waals surface area contributed by atoms with Crippen LogP contribution in [0.15, 0.2) is 54.7 Å². The van der Waals surface area contributed by atoms with Crippen LogP contribution in [-0.2, 0) is 5.60 Å². The lowest BCUT2D eigenvalue weighted by Gasteiger charge is -2.30. The molecule has 1 atom stereocenters. The minimum absolute atomic E-state index is 0.254. The lowest BCUT2D eigenvalue weighted by molar-refractivity contribution is -0.249. The molecule has 0 aliphatic heterocycles. The van der Waals surface area contributed by atoms with Crippen LogP contribution in [0.25, 0.3) is 0 Å². The molecular weight excluding hydrogens is 243 g/mol. The molecule has 1 N–H and O–H groups in total. The molecule has 2 rings (SSSR count). The number of aliphatic hydroxyl groups is 1. The van der Waals surface area contributed by atoms with Gasteiger partial charge in [0.2, 0.25) is 5.60 Å². The zero-order valence-corrected chi connectivity index (χ0v) is 9.22. The van der Waals surface area contributed by atoms with Crippen molar-refractivity contribution in [3.8, 4) is 0 Å². The van der Waals surface area contributed by atoms with E-state index in [1.807, 2.05) is 0 Å². The number of alkyl halides is 3. The fourth-order valence-corrected chi connectivity index (χ4v) is 1.71.